The minimum atomic E-state index is -0.214. The fourth-order valence-corrected chi connectivity index (χ4v) is 3.01. The molecule has 0 aliphatic carbocycles. The van der Waals surface area contributed by atoms with Gasteiger partial charge >= 0.3 is 0 Å². The van der Waals surface area contributed by atoms with Crippen LogP contribution in [0.1, 0.15) is 23.5 Å². The Bertz CT molecular complexity index is 571. The molecule has 0 saturated carbocycles. The van der Waals surface area contributed by atoms with Crippen molar-refractivity contribution < 1.29 is 9.47 Å². The number of nitrogens with two attached hydrogens (primary N) is 1. The van der Waals surface area contributed by atoms with Crippen LogP contribution in [0.5, 0.6) is 11.5 Å². The van der Waals surface area contributed by atoms with Crippen LogP contribution in [0.25, 0.3) is 0 Å². The second kappa shape index (κ2) is 6.97. The van der Waals surface area contributed by atoms with Gasteiger partial charge in [-0.1, -0.05) is 24.6 Å². The van der Waals surface area contributed by atoms with Crippen molar-refractivity contribution in [1.82, 2.24) is 0 Å². The maximum atomic E-state index is 5.99. The molecule has 0 fully saturated rings. The van der Waals surface area contributed by atoms with Gasteiger partial charge in [-0.3, -0.25) is 0 Å². The van der Waals surface area contributed by atoms with E-state index in [-0.39, 0.29) is 6.10 Å². The maximum absolute atomic E-state index is 5.99. The number of hydrogen-bond acceptors (Lipinski definition) is 4. The van der Waals surface area contributed by atoms with Gasteiger partial charge in [0.2, 0.25) is 0 Å². The Labute approximate surface area is 128 Å². The third kappa shape index (κ3) is 3.45. The van der Waals surface area contributed by atoms with Crippen molar-refractivity contribution >= 4 is 22.9 Å². The predicted octanol–water partition coefficient (Wildman–Crippen LogP) is 4.05. The summed E-state index contributed by atoms with van der Waals surface area (Å²) in [4.78, 5) is 1.01. The molecule has 0 radical (unpaired) electrons. The van der Waals surface area contributed by atoms with Crippen molar-refractivity contribution in [2.24, 2.45) is 5.73 Å². The van der Waals surface area contributed by atoms with Crippen LogP contribution in [-0.2, 0) is 6.42 Å². The van der Waals surface area contributed by atoms with Crippen molar-refractivity contribution in [1.29, 1.82) is 0 Å². The van der Waals surface area contributed by atoms with Gasteiger partial charge < -0.3 is 15.2 Å². The molecule has 5 heteroatoms. The van der Waals surface area contributed by atoms with Crippen LogP contribution in [0.4, 0.5) is 0 Å². The fourth-order valence-electron chi connectivity index (χ4n) is 1.91. The highest BCUT2D eigenvalue weighted by Gasteiger charge is 2.16. The predicted molar refractivity (Wildman–Crippen MR) is 84.1 cm³/mol. The molecule has 1 atom stereocenters. The Morgan fingerprint density at radius 2 is 2.05 bits per heavy atom. The zero-order valence-corrected chi connectivity index (χ0v) is 13.1. The monoisotopic (exact) mass is 311 g/mol. The summed E-state index contributed by atoms with van der Waals surface area (Å²) in [6.45, 7) is 2.49. The molecular weight excluding hydrogens is 294 g/mol. The van der Waals surface area contributed by atoms with Crippen LogP contribution in [0.3, 0.4) is 0 Å². The van der Waals surface area contributed by atoms with Crippen LogP contribution in [-0.4, -0.2) is 13.7 Å². The second-order valence-corrected chi connectivity index (χ2v) is 6.07. The number of methoxy groups -OCH3 is 1. The summed E-state index contributed by atoms with van der Waals surface area (Å²) in [5.74, 6) is 1.43. The molecule has 1 aromatic heterocycles. The van der Waals surface area contributed by atoms with E-state index in [1.807, 2.05) is 30.3 Å². The lowest BCUT2D eigenvalue weighted by atomic mass is 10.1. The minimum absolute atomic E-state index is 0.214. The summed E-state index contributed by atoms with van der Waals surface area (Å²) in [5, 5.41) is 0. The molecule has 2 rings (SSSR count). The molecule has 0 amide bonds. The van der Waals surface area contributed by atoms with E-state index in [1.165, 1.54) is 16.9 Å². The summed E-state index contributed by atoms with van der Waals surface area (Å²) < 4.78 is 12.1. The summed E-state index contributed by atoms with van der Waals surface area (Å²) in [6, 6.07) is 9.75. The number of benzene rings is 1. The van der Waals surface area contributed by atoms with E-state index in [2.05, 4.69) is 6.92 Å². The third-order valence-electron chi connectivity index (χ3n) is 3.03. The molecule has 1 aromatic carbocycles. The summed E-state index contributed by atoms with van der Waals surface area (Å²) in [6.07, 6.45) is 0.742. The molecule has 3 nitrogen and oxygen atoms in total. The van der Waals surface area contributed by atoms with E-state index in [0.717, 1.165) is 21.4 Å². The van der Waals surface area contributed by atoms with E-state index >= 15 is 0 Å². The molecule has 0 bridgehead atoms. The van der Waals surface area contributed by atoms with Gasteiger partial charge in [-0.15, -0.1) is 11.3 Å². The number of hydrogen-bond donors (Lipinski definition) is 1. The molecule has 1 unspecified atom stereocenters. The average Bonchev–Trinajstić information content (AvgIpc) is 2.91. The topological polar surface area (TPSA) is 44.5 Å². The molecule has 2 N–H and O–H groups in total. The van der Waals surface area contributed by atoms with E-state index in [1.54, 1.807) is 7.11 Å². The van der Waals surface area contributed by atoms with Crippen molar-refractivity contribution in [3.8, 4) is 11.5 Å². The van der Waals surface area contributed by atoms with E-state index in [4.69, 9.17) is 26.8 Å². The number of halogens is 1. The maximum Gasteiger partial charge on any atom is 0.162 e. The number of rotatable bonds is 6. The summed E-state index contributed by atoms with van der Waals surface area (Å²) >= 11 is 7.44. The standard InChI is InChI=1S/C15H18ClNO2S/c1-3-10-4-5-11(12(8-10)18-2)19-13(9-17)14-6-7-15(16)20-14/h4-8,13H,3,9,17H2,1-2H3. The fraction of sp³-hybridized carbons (Fsp3) is 0.333. The average molecular weight is 312 g/mol. The minimum Gasteiger partial charge on any atom is -0.493 e. The normalized spacial score (nSPS) is 12.2. The Kier molecular flexibility index (Phi) is 5.29. The highest BCUT2D eigenvalue weighted by atomic mass is 35.5. The SMILES string of the molecule is CCc1ccc(OC(CN)c2ccc(Cl)s2)c(OC)c1. The molecule has 0 aliphatic heterocycles. The molecule has 0 spiro atoms. The lowest BCUT2D eigenvalue weighted by Crippen LogP contribution is -2.17. The first-order chi connectivity index (χ1) is 9.67. The molecular formula is C15H18ClNO2S. The lowest BCUT2D eigenvalue weighted by molar-refractivity contribution is 0.208. The second-order valence-electron chi connectivity index (χ2n) is 4.32. The van der Waals surface area contributed by atoms with Crippen LogP contribution in [0, 0.1) is 0 Å². The van der Waals surface area contributed by atoms with Gasteiger partial charge in [-0.25, -0.2) is 0 Å². The Morgan fingerprint density at radius 3 is 2.60 bits per heavy atom. The Hall–Kier alpha value is -1.23. The van der Waals surface area contributed by atoms with Gasteiger partial charge in [-0.2, -0.15) is 0 Å². The molecule has 2 aromatic rings. The van der Waals surface area contributed by atoms with Crippen LogP contribution < -0.4 is 15.2 Å². The molecule has 0 saturated heterocycles. The molecule has 0 aliphatic rings. The van der Waals surface area contributed by atoms with Gasteiger partial charge in [0.05, 0.1) is 11.4 Å². The van der Waals surface area contributed by atoms with E-state index < -0.39 is 0 Å². The highest BCUT2D eigenvalue weighted by Crippen LogP contribution is 2.34. The smallest absolute Gasteiger partial charge is 0.162 e. The number of aryl methyl sites for hydroxylation is 1. The lowest BCUT2D eigenvalue weighted by Gasteiger charge is -2.18. The van der Waals surface area contributed by atoms with Crippen molar-refractivity contribution in [2.45, 2.75) is 19.4 Å². The molecule has 108 valence electrons. The van der Waals surface area contributed by atoms with Gasteiger partial charge in [-0.05, 0) is 36.2 Å². The van der Waals surface area contributed by atoms with E-state index in [9.17, 15) is 0 Å². The van der Waals surface area contributed by atoms with Crippen molar-refractivity contribution in [3.63, 3.8) is 0 Å². The quantitative estimate of drug-likeness (QED) is 0.875. The third-order valence-corrected chi connectivity index (χ3v) is 4.35. The van der Waals surface area contributed by atoms with Gasteiger partial charge in [0, 0.05) is 11.4 Å². The number of ether oxygens (including phenoxy) is 2. The van der Waals surface area contributed by atoms with E-state index in [0.29, 0.717) is 12.3 Å². The van der Waals surface area contributed by atoms with Gasteiger partial charge in [0.15, 0.2) is 11.5 Å². The molecule has 20 heavy (non-hydrogen) atoms. The number of thiophene rings is 1. The van der Waals surface area contributed by atoms with Crippen LogP contribution in [0.15, 0.2) is 30.3 Å². The first-order valence-electron chi connectivity index (χ1n) is 6.46. The van der Waals surface area contributed by atoms with Crippen molar-refractivity contribution in [3.05, 3.63) is 45.1 Å². The molecule has 1 heterocycles. The first kappa shape index (κ1) is 15.2. The largest absolute Gasteiger partial charge is 0.493 e. The van der Waals surface area contributed by atoms with Crippen LogP contribution in [0.2, 0.25) is 4.34 Å². The summed E-state index contributed by atoms with van der Waals surface area (Å²) in [5.41, 5.74) is 7.01. The van der Waals surface area contributed by atoms with Gasteiger partial charge in [0.25, 0.3) is 0 Å². The first-order valence-corrected chi connectivity index (χ1v) is 7.66. The van der Waals surface area contributed by atoms with Crippen molar-refractivity contribution in [2.75, 3.05) is 13.7 Å². The zero-order valence-electron chi connectivity index (χ0n) is 11.6. The van der Waals surface area contributed by atoms with Crippen LogP contribution >= 0.6 is 22.9 Å². The Balaban J connectivity index is 2.23. The summed E-state index contributed by atoms with van der Waals surface area (Å²) in [7, 11) is 1.64. The highest BCUT2D eigenvalue weighted by molar-refractivity contribution is 7.16. The Morgan fingerprint density at radius 1 is 1.25 bits per heavy atom. The van der Waals surface area contributed by atoms with Gasteiger partial charge in [0.1, 0.15) is 6.10 Å². The zero-order chi connectivity index (χ0) is 14.5.